The third-order valence-electron chi connectivity index (χ3n) is 2.69. The van der Waals surface area contributed by atoms with Gasteiger partial charge in [0.1, 0.15) is 12.0 Å². The minimum atomic E-state index is -0.195. The summed E-state index contributed by atoms with van der Waals surface area (Å²) in [5, 5.41) is 0. The number of aldehydes is 1. The van der Waals surface area contributed by atoms with Crippen LogP contribution in [0.2, 0.25) is 0 Å². The van der Waals surface area contributed by atoms with E-state index in [4.69, 9.17) is 4.74 Å². The minimum absolute atomic E-state index is 0.195. The Balaban J connectivity index is 2.36. The molecule has 1 atom stereocenters. The Bertz CT molecular complexity index is 412. The lowest BCUT2D eigenvalue weighted by atomic mass is 9.97. The van der Waals surface area contributed by atoms with Crippen molar-refractivity contribution in [1.29, 1.82) is 0 Å². The summed E-state index contributed by atoms with van der Waals surface area (Å²) < 4.78 is 5.94. The summed E-state index contributed by atoms with van der Waals surface area (Å²) in [6.45, 7) is 6.18. The average Bonchev–Trinajstić information content (AvgIpc) is 2.51. The number of hydrogen-bond donors (Lipinski definition) is 0. The number of rotatable bonds is 3. The molecular formula is C13H16O2S. The van der Waals surface area contributed by atoms with Crippen molar-refractivity contribution in [3.63, 3.8) is 0 Å². The summed E-state index contributed by atoms with van der Waals surface area (Å²) in [6.07, 6.45) is 1.52. The molecule has 0 aliphatic carbocycles. The van der Waals surface area contributed by atoms with E-state index < -0.39 is 0 Å². The Morgan fingerprint density at radius 3 is 2.94 bits per heavy atom. The van der Waals surface area contributed by atoms with Crippen LogP contribution in [0.25, 0.3) is 0 Å². The fourth-order valence-electron chi connectivity index (χ4n) is 1.91. The monoisotopic (exact) mass is 236 g/mol. The number of carbonyl (C=O) groups is 1. The molecule has 0 radical (unpaired) electrons. The Morgan fingerprint density at radius 2 is 2.25 bits per heavy atom. The van der Waals surface area contributed by atoms with Gasteiger partial charge in [-0.1, -0.05) is 30.8 Å². The first-order chi connectivity index (χ1) is 7.53. The van der Waals surface area contributed by atoms with Crippen molar-refractivity contribution in [2.75, 3.05) is 0 Å². The van der Waals surface area contributed by atoms with Crippen molar-refractivity contribution in [2.45, 2.75) is 42.9 Å². The summed E-state index contributed by atoms with van der Waals surface area (Å²) in [7, 11) is 0. The quantitative estimate of drug-likeness (QED) is 0.750. The van der Waals surface area contributed by atoms with Crippen LogP contribution in [0.5, 0.6) is 5.75 Å². The van der Waals surface area contributed by atoms with Crippen molar-refractivity contribution in [3.8, 4) is 5.75 Å². The predicted octanol–water partition coefficient (Wildman–Crippen LogP) is 3.60. The van der Waals surface area contributed by atoms with Crippen molar-refractivity contribution in [2.24, 2.45) is 0 Å². The molecule has 2 nitrogen and oxygen atoms in total. The molecular weight excluding hydrogens is 220 g/mol. The molecule has 0 spiro atoms. The molecule has 1 heterocycles. The summed E-state index contributed by atoms with van der Waals surface area (Å²) in [4.78, 5) is 11.6. The molecule has 86 valence electrons. The molecule has 0 saturated heterocycles. The molecule has 0 aromatic heterocycles. The number of benzene rings is 1. The number of fused-ring (bicyclic) bond motifs is 1. The van der Waals surface area contributed by atoms with Gasteiger partial charge < -0.3 is 9.53 Å². The summed E-state index contributed by atoms with van der Waals surface area (Å²) in [5.41, 5.74) is 1.14. The lowest BCUT2D eigenvalue weighted by molar-refractivity contribution is -0.108. The van der Waals surface area contributed by atoms with E-state index in [1.165, 1.54) is 4.90 Å². The molecule has 1 aromatic rings. The Hall–Kier alpha value is -0.960. The van der Waals surface area contributed by atoms with Gasteiger partial charge in [-0.05, 0) is 31.4 Å². The highest BCUT2D eigenvalue weighted by Gasteiger charge is 2.33. The summed E-state index contributed by atoms with van der Waals surface area (Å²) in [5.74, 6) is 1.19. The zero-order valence-electron chi connectivity index (χ0n) is 9.82. The number of ether oxygens (including phenoxy) is 1. The van der Waals surface area contributed by atoms with Gasteiger partial charge in [-0.25, -0.2) is 0 Å². The summed E-state index contributed by atoms with van der Waals surface area (Å²) in [6, 6.07) is 6.16. The molecule has 0 saturated carbocycles. The van der Waals surface area contributed by atoms with Gasteiger partial charge in [-0.15, -0.1) is 0 Å². The highest BCUT2D eigenvalue weighted by atomic mass is 32.2. The van der Waals surface area contributed by atoms with Gasteiger partial charge in [0.25, 0.3) is 0 Å². The smallest absolute Gasteiger partial charge is 0.153 e. The first-order valence-electron chi connectivity index (χ1n) is 5.48. The molecule has 0 bridgehead atoms. The zero-order valence-corrected chi connectivity index (χ0v) is 10.6. The molecule has 1 aliphatic rings. The molecule has 0 fully saturated rings. The minimum Gasteiger partial charge on any atom is -0.475 e. The number of thioether (sulfide) groups is 1. The van der Waals surface area contributed by atoms with Gasteiger partial charge in [-0.2, -0.15) is 0 Å². The third kappa shape index (κ3) is 2.09. The van der Waals surface area contributed by atoms with Crippen molar-refractivity contribution in [1.82, 2.24) is 0 Å². The van der Waals surface area contributed by atoms with Crippen LogP contribution in [0.4, 0.5) is 0 Å². The SMILES string of the molecule is CC(CC=O)c1cccc2c1OC(C)(C)S2. The highest BCUT2D eigenvalue weighted by molar-refractivity contribution is 8.00. The van der Waals surface area contributed by atoms with Crippen LogP contribution in [0.15, 0.2) is 23.1 Å². The fourth-order valence-corrected chi connectivity index (χ4v) is 2.97. The molecule has 3 heteroatoms. The van der Waals surface area contributed by atoms with E-state index in [0.717, 1.165) is 17.6 Å². The van der Waals surface area contributed by atoms with Crippen LogP contribution in [0.1, 0.15) is 38.7 Å². The van der Waals surface area contributed by atoms with E-state index >= 15 is 0 Å². The molecule has 0 amide bonds. The second kappa shape index (κ2) is 4.13. The Kier molecular flexibility index (Phi) is 2.98. The first kappa shape index (κ1) is 11.5. The van der Waals surface area contributed by atoms with Crippen LogP contribution in [-0.4, -0.2) is 11.2 Å². The molecule has 2 rings (SSSR count). The van der Waals surface area contributed by atoms with E-state index in [1.54, 1.807) is 11.8 Å². The molecule has 1 aliphatic heterocycles. The van der Waals surface area contributed by atoms with E-state index in [2.05, 4.69) is 32.9 Å². The third-order valence-corrected chi connectivity index (χ3v) is 3.81. The van der Waals surface area contributed by atoms with Crippen LogP contribution in [0.3, 0.4) is 0 Å². The maximum absolute atomic E-state index is 10.6. The van der Waals surface area contributed by atoms with Gasteiger partial charge >= 0.3 is 0 Å². The predicted molar refractivity (Wildman–Crippen MR) is 66.1 cm³/mol. The van der Waals surface area contributed by atoms with Gasteiger partial charge in [0.05, 0.1) is 4.90 Å². The van der Waals surface area contributed by atoms with Crippen LogP contribution >= 0.6 is 11.8 Å². The normalized spacial score (nSPS) is 18.7. The van der Waals surface area contributed by atoms with Crippen molar-refractivity contribution >= 4 is 18.0 Å². The fraction of sp³-hybridized carbons (Fsp3) is 0.462. The van der Waals surface area contributed by atoms with Crippen molar-refractivity contribution in [3.05, 3.63) is 23.8 Å². The highest BCUT2D eigenvalue weighted by Crippen LogP contribution is 2.50. The van der Waals surface area contributed by atoms with E-state index in [0.29, 0.717) is 6.42 Å². The number of para-hydroxylation sites is 1. The topological polar surface area (TPSA) is 26.3 Å². The maximum Gasteiger partial charge on any atom is 0.153 e. The number of hydrogen-bond acceptors (Lipinski definition) is 3. The van der Waals surface area contributed by atoms with Crippen LogP contribution in [-0.2, 0) is 4.79 Å². The van der Waals surface area contributed by atoms with Gasteiger partial charge in [0, 0.05) is 6.42 Å². The van der Waals surface area contributed by atoms with Crippen LogP contribution < -0.4 is 4.74 Å². The first-order valence-corrected chi connectivity index (χ1v) is 6.30. The van der Waals surface area contributed by atoms with E-state index in [-0.39, 0.29) is 10.9 Å². The molecule has 16 heavy (non-hydrogen) atoms. The van der Waals surface area contributed by atoms with E-state index in [9.17, 15) is 4.79 Å². The Labute approximate surface area is 100 Å². The lowest BCUT2D eigenvalue weighted by Crippen LogP contribution is -2.18. The average molecular weight is 236 g/mol. The van der Waals surface area contributed by atoms with Crippen molar-refractivity contribution < 1.29 is 9.53 Å². The van der Waals surface area contributed by atoms with E-state index in [1.807, 2.05) is 6.07 Å². The zero-order chi connectivity index (χ0) is 11.8. The molecule has 1 aromatic carbocycles. The van der Waals surface area contributed by atoms with Crippen LogP contribution in [0, 0.1) is 0 Å². The van der Waals surface area contributed by atoms with Gasteiger partial charge in [0.15, 0.2) is 4.93 Å². The molecule has 1 unspecified atom stereocenters. The maximum atomic E-state index is 10.6. The summed E-state index contributed by atoms with van der Waals surface area (Å²) >= 11 is 1.73. The number of carbonyl (C=O) groups excluding carboxylic acids is 1. The largest absolute Gasteiger partial charge is 0.475 e. The molecule has 0 N–H and O–H groups in total. The van der Waals surface area contributed by atoms with Gasteiger partial charge in [0.2, 0.25) is 0 Å². The van der Waals surface area contributed by atoms with Gasteiger partial charge in [-0.3, -0.25) is 0 Å². The second-order valence-electron chi connectivity index (χ2n) is 4.58. The lowest BCUT2D eigenvalue weighted by Gasteiger charge is -2.18. The standard InChI is InChI=1S/C13H16O2S/c1-9(7-8-14)10-5-4-6-11-12(10)15-13(2,3)16-11/h4-6,8-9H,7H2,1-3H3. The Morgan fingerprint density at radius 1 is 1.50 bits per heavy atom. The second-order valence-corrected chi connectivity index (χ2v) is 6.21.